The van der Waals surface area contributed by atoms with Crippen LogP contribution in [0.25, 0.3) is 28.0 Å². The van der Waals surface area contributed by atoms with E-state index in [2.05, 4.69) is 40.7 Å². The van der Waals surface area contributed by atoms with Gasteiger partial charge in [-0.05, 0) is 68.5 Å². The van der Waals surface area contributed by atoms with Crippen LogP contribution in [0.15, 0.2) is 53.7 Å². The number of nitrogens with one attached hydrogen (secondary N) is 1. The van der Waals surface area contributed by atoms with Crippen LogP contribution in [-0.4, -0.2) is 31.4 Å². The van der Waals surface area contributed by atoms with Crippen LogP contribution in [0.2, 0.25) is 0 Å². The van der Waals surface area contributed by atoms with Gasteiger partial charge in [0.25, 0.3) is 5.56 Å². The highest BCUT2D eigenvalue weighted by Gasteiger charge is 2.16. The highest BCUT2D eigenvalue weighted by atomic mass is 16.1. The summed E-state index contributed by atoms with van der Waals surface area (Å²) in [6.45, 7) is 9.43. The van der Waals surface area contributed by atoms with Crippen LogP contribution in [0.1, 0.15) is 43.6 Å². The maximum atomic E-state index is 13.0. The Morgan fingerprint density at radius 1 is 1.09 bits per heavy atom. The molecule has 4 aromatic rings. The predicted octanol–water partition coefficient (Wildman–Crippen LogP) is 4.42. The summed E-state index contributed by atoms with van der Waals surface area (Å²) in [6, 6.07) is 8.09. The van der Waals surface area contributed by atoms with Crippen molar-refractivity contribution in [2.45, 2.75) is 46.6 Å². The third kappa shape index (κ3) is 3.86. The quantitative estimate of drug-likeness (QED) is 0.524. The molecule has 0 saturated carbocycles. The Morgan fingerprint density at radius 2 is 1.94 bits per heavy atom. The maximum absolute atomic E-state index is 13.0. The lowest BCUT2D eigenvalue weighted by Gasteiger charge is -2.24. The molecule has 0 amide bonds. The fourth-order valence-corrected chi connectivity index (χ4v) is 4.69. The first-order valence-electron chi connectivity index (χ1n) is 11.3. The first kappa shape index (κ1) is 20.6. The largest absolute Gasteiger partial charge is 0.320 e. The molecule has 0 saturated heterocycles. The van der Waals surface area contributed by atoms with Crippen molar-refractivity contribution in [1.29, 1.82) is 0 Å². The molecule has 0 spiro atoms. The number of aryl methyl sites for hydroxylation is 2. The van der Waals surface area contributed by atoms with E-state index in [0.29, 0.717) is 23.3 Å². The molecular weight excluding hydrogens is 398 g/mol. The van der Waals surface area contributed by atoms with E-state index < -0.39 is 0 Å². The lowest BCUT2D eigenvalue weighted by molar-refractivity contribution is 0.468. The van der Waals surface area contributed by atoms with Gasteiger partial charge in [0.2, 0.25) is 0 Å². The van der Waals surface area contributed by atoms with Gasteiger partial charge in [-0.3, -0.25) is 14.2 Å². The number of rotatable bonds is 4. The number of fused-ring (bicyclic) bond motifs is 2. The van der Waals surface area contributed by atoms with Gasteiger partial charge in [-0.2, -0.15) is 0 Å². The summed E-state index contributed by atoms with van der Waals surface area (Å²) >= 11 is 0. The molecule has 6 heteroatoms. The molecule has 32 heavy (non-hydrogen) atoms. The second kappa shape index (κ2) is 8.02. The van der Waals surface area contributed by atoms with Crippen molar-refractivity contribution < 1.29 is 0 Å². The van der Waals surface area contributed by atoms with Crippen molar-refractivity contribution in [3.05, 3.63) is 76.2 Å². The number of aromatic nitrogens is 4. The van der Waals surface area contributed by atoms with E-state index in [0.717, 1.165) is 47.4 Å². The van der Waals surface area contributed by atoms with E-state index in [-0.39, 0.29) is 5.56 Å². The number of hydrogen-bond donors (Lipinski definition) is 1. The molecule has 0 bridgehead atoms. The molecule has 0 radical (unpaired) electrons. The Bertz CT molecular complexity index is 1410. The SMILES string of the molecule is Cc1cn2cc(-c3cc(=O)n4cc(C5=CC(CC(C)C)NCC5)ccc4n3)cc2c(C)n1. The first-order chi connectivity index (χ1) is 15.4. The van der Waals surface area contributed by atoms with Gasteiger partial charge in [-0.25, -0.2) is 4.98 Å². The third-order valence-electron chi connectivity index (χ3n) is 6.14. The molecule has 4 aromatic heterocycles. The van der Waals surface area contributed by atoms with Gasteiger partial charge >= 0.3 is 0 Å². The van der Waals surface area contributed by atoms with Crippen LogP contribution in [0.5, 0.6) is 0 Å². The maximum Gasteiger partial charge on any atom is 0.258 e. The molecule has 1 aliphatic heterocycles. The van der Waals surface area contributed by atoms with Gasteiger partial charge < -0.3 is 9.72 Å². The molecule has 6 nitrogen and oxygen atoms in total. The van der Waals surface area contributed by atoms with Gasteiger partial charge in [0, 0.05) is 36.3 Å². The fraction of sp³-hybridized carbons (Fsp3) is 0.346. The number of nitrogens with zero attached hydrogens (tertiary/aromatic N) is 4. The van der Waals surface area contributed by atoms with Crippen molar-refractivity contribution in [1.82, 2.24) is 24.1 Å². The van der Waals surface area contributed by atoms with Crippen LogP contribution in [0, 0.1) is 19.8 Å². The van der Waals surface area contributed by atoms with Gasteiger partial charge in [0.1, 0.15) is 5.65 Å². The van der Waals surface area contributed by atoms with E-state index in [4.69, 9.17) is 4.98 Å². The summed E-state index contributed by atoms with van der Waals surface area (Å²) < 4.78 is 3.71. The molecule has 1 aliphatic rings. The Hall–Kier alpha value is -3.25. The summed E-state index contributed by atoms with van der Waals surface area (Å²) in [5, 5.41) is 3.58. The van der Waals surface area contributed by atoms with Crippen LogP contribution >= 0.6 is 0 Å². The van der Waals surface area contributed by atoms with Crippen molar-refractivity contribution in [3.8, 4) is 11.3 Å². The molecule has 0 fully saturated rings. The molecule has 0 aliphatic carbocycles. The summed E-state index contributed by atoms with van der Waals surface area (Å²) in [7, 11) is 0. The molecule has 5 rings (SSSR count). The highest BCUT2D eigenvalue weighted by molar-refractivity contribution is 5.71. The zero-order valence-electron chi connectivity index (χ0n) is 19.1. The minimum absolute atomic E-state index is 0.0681. The van der Waals surface area contributed by atoms with E-state index >= 15 is 0 Å². The van der Waals surface area contributed by atoms with Crippen LogP contribution in [-0.2, 0) is 0 Å². The van der Waals surface area contributed by atoms with Crippen LogP contribution in [0.3, 0.4) is 0 Å². The van der Waals surface area contributed by atoms with Crippen molar-refractivity contribution >= 4 is 16.7 Å². The smallest absolute Gasteiger partial charge is 0.258 e. The minimum atomic E-state index is -0.0681. The van der Waals surface area contributed by atoms with E-state index in [1.54, 1.807) is 10.5 Å². The highest BCUT2D eigenvalue weighted by Crippen LogP contribution is 2.25. The van der Waals surface area contributed by atoms with Gasteiger partial charge in [0.05, 0.1) is 22.6 Å². The molecular formula is C26H29N5O. The topological polar surface area (TPSA) is 63.7 Å². The van der Waals surface area contributed by atoms with Crippen molar-refractivity contribution in [2.24, 2.45) is 5.92 Å². The lowest BCUT2D eigenvalue weighted by Crippen LogP contribution is -2.33. The Kier molecular flexibility index (Phi) is 5.18. The average Bonchev–Trinajstić information content (AvgIpc) is 3.18. The van der Waals surface area contributed by atoms with Crippen molar-refractivity contribution in [3.63, 3.8) is 0 Å². The molecule has 1 unspecified atom stereocenters. The summed E-state index contributed by atoms with van der Waals surface area (Å²) in [4.78, 5) is 22.4. The standard InChI is InChI=1S/C26H29N5O/c1-16(2)9-22-10-19(7-8-27-22)20-5-6-25-29-23(12-26(32)31(25)15-20)21-11-24-18(4)28-17(3)13-30(24)14-21/h5-6,10-16,22,27H,7-9H2,1-4H3. The third-order valence-corrected chi connectivity index (χ3v) is 6.14. The van der Waals surface area contributed by atoms with Gasteiger partial charge in [-0.15, -0.1) is 0 Å². The monoisotopic (exact) mass is 427 g/mol. The first-order valence-corrected chi connectivity index (χ1v) is 11.3. The molecule has 0 aromatic carbocycles. The van der Waals surface area contributed by atoms with E-state index in [1.165, 1.54) is 5.57 Å². The fourth-order valence-electron chi connectivity index (χ4n) is 4.69. The zero-order chi connectivity index (χ0) is 22.4. The zero-order valence-corrected chi connectivity index (χ0v) is 19.1. The Labute approximate surface area is 187 Å². The van der Waals surface area contributed by atoms with Crippen LogP contribution in [0.4, 0.5) is 0 Å². The van der Waals surface area contributed by atoms with E-state index in [9.17, 15) is 4.79 Å². The van der Waals surface area contributed by atoms with Crippen LogP contribution < -0.4 is 10.9 Å². The van der Waals surface area contributed by atoms with Gasteiger partial charge in [0.15, 0.2) is 0 Å². The summed E-state index contributed by atoms with van der Waals surface area (Å²) in [5.74, 6) is 0.638. The summed E-state index contributed by atoms with van der Waals surface area (Å²) in [5.41, 5.74) is 7.52. The van der Waals surface area contributed by atoms with Gasteiger partial charge in [-0.1, -0.05) is 19.9 Å². The molecule has 5 heterocycles. The minimum Gasteiger partial charge on any atom is -0.320 e. The Balaban J connectivity index is 1.54. The number of hydrogen-bond acceptors (Lipinski definition) is 4. The lowest BCUT2D eigenvalue weighted by atomic mass is 9.94. The molecule has 1 atom stereocenters. The average molecular weight is 428 g/mol. The summed E-state index contributed by atoms with van der Waals surface area (Å²) in [6.07, 6.45) is 10.3. The second-order valence-electron chi connectivity index (χ2n) is 9.25. The Morgan fingerprint density at radius 3 is 2.75 bits per heavy atom. The molecule has 164 valence electrons. The number of pyridine rings is 1. The predicted molar refractivity (Wildman–Crippen MR) is 129 cm³/mol. The normalized spacial score (nSPS) is 16.8. The van der Waals surface area contributed by atoms with Crippen molar-refractivity contribution in [2.75, 3.05) is 6.54 Å². The second-order valence-corrected chi connectivity index (χ2v) is 9.25. The van der Waals surface area contributed by atoms with E-state index in [1.807, 2.05) is 44.6 Å². The molecule has 1 N–H and O–H groups in total.